The van der Waals surface area contributed by atoms with Gasteiger partial charge >= 0.3 is 12.1 Å². The third-order valence-electron chi connectivity index (χ3n) is 4.66. The molecule has 0 amide bonds. The van der Waals surface area contributed by atoms with Gasteiger partial charge in [0.2, 0.25) is 5.89 Å². The van der Waals surface area contributed by atoms with Crippen molar-refractivity contribution in [3.8, 4) is 11.5 Å². The van der Waals surface area contributed by atoms with Crippen LogP contribution in [-0.2, 0) is 14.6 Å². The minimum atomic E-state index is -5.08. The number of carbonyl (C=O) groups is 1. The number of carboxylic acids is 1. The highest BCUT2D eigenvalue weighted by Gasteiger charge is 2.38. The number of alkyl halides is 3. The van der Waals surface area contributed by atoms with Crippen LogP contribution in [0.5, 0.6) is 0 Å². The summed E-state index contributed by atoms with van der Waals surface area (Å²) in [5.74, 6) is -3.30. The SMILES string of the molecule is CS(=O)(=O)c1ccc(-c2nc3cc(C4=CCNCC4)ccc3o2)c(F)c1.O=C(O)C(F)(F)F. The minimum absolute atomic E-state index is 0.0741. The van der Waals surface area contributed by atoms with Crippen LogP contribution in [0.4, 0.5) is 17.6 Å². The molecule has 12 heteroatoms. The van der Waals surface area contributed by atoms with Crippen LogP contribution < -0.4 is 5.32 Å². The predicted molar refractivity (Wildman–Crippen MR) is 112 cm³/mol. The molecule has 0 saturated carbocycles. The highest BCUT2D eigenvalue weighted by Crippen LogP contribution is 2.30. The number of halogens is 4. The number of aromatic nitrogens is 1. The van der Waals surface area contributed by atoms with E-state index in [0.717, 1.165) is 37.4 Å². The molecule has 3 aromatic rings. The predicted octanol–water partition coefficient (Wildman–Crippen LogP) is 4.05. The molecule has 7 nitrogen and oxygen atoms in total. The Morgan fingerprint density at radius 2 is 1.88 bits per heavy atom. The Morgan fingerprint density at radius 3 is 2.42 bits per heavy atom. The summed E-state index contributed by atoms with van der Waals surface area (Å²) in [6.45, 7) is 1.78. The summed E-state index contributed by atoms with van der Waals surface area (Å²) < 4.78 is 74.9. The van der Waals surface area contributed by atoms with Crippen LogP contribution >= 0.6 is 0 Å². The molecular weight excluding hydrogens is 468 g/mol. The summed E-state index contributed by atoms with van der Waals surface area (Å²) in [5.41, 5.74) is 3.66. The van der Waals surface area contributed by atoms with Crippen molar-refractivity contribution in [1.82, 2.24) is 10.3 Å². The van der Waals surface area contributed by atoms with Gasteiger partial charge in [0.15, 0.2) is 15.4 Å². The Balaban J connectivity index is 0.000000383. The van der Waals surface area contributed by atoms with Crippen molar-refractivity contribution >= 4 is 32.5 Å². The zero-order chi connectivity index (χ0) is 24.4. The molecule has 0 bridgehead atoms. The third-order valence-corrected chi connectivity index (χ3v) is 5.77. The van der Waals surface area contributed by atoms with Crippen molar-refractivity contribution in [2.45, 2.75) is 17.5 Å². The monoisotopic (exact) mass is 486 g/mol. The maximum atomic E-state index is 14.4. The zero-order valence-electron chi connectivity index (χ0n) is 17.1. The fourth-order valence-electron chi connectivity index (χ4n) is 3.03. The summed E-state index contributed by atoms with van der Waals surface area (Å²) in [4.78, 5) is 13.2. The van der Waals surface area contributed by atoms with Crippen LogP contribution in [-0.4, -0.2) is 50.0 Å². The summed E-state index contributed by atoms with van der Waals surface area (Å²) in [6.07, 6.45) is -0.953. The average molecular weight is 486 g/mol. The number of hydrogen-bond donors (Lipinski definition) is 2. The summed E-state index contributed by atoms with van der Waals surface area (Å²) in [5, 5.41) is 10.4. The number of carboxylic acid groups (broad SMARTS) is 1. The molecule has 0 spiro atoms. The summed E-state index contributed by atoms with van der Waals surface area (Å²) >= 11 is 0. The molecule has 0 fully saturated rings. The van der Waals surface area contributed by atoms with Crippen LogP contribution in [0, 0.1) is 5.82 Å². The van der Waals surface area contributed by atoms with Crippen LogP contribution in [0.15, 0.2) is 51.8 Å². The molecule has 4 rings (SSSR count). The van der Waals surface area contributed by atoms with E-state index in [9.17, 15) is 26.0 Å². The van der Waals surface area contributed by atoms with Gasteiger partial charge in [-0.05, 0) is 54.4 Å². The van der Waals surface area contributed by atoms with Gasteiger partial charge < -0.3 is 14.8 Å². The van der Waals surface area contributed by atoms with E-state index in [1.54, 1.807) is 0 Å². The first-order chi connectivity index (χ1) is 15.4. The lowest BCUT2D eigenvalue weighted by molar-refractivity contribution is -0.192. The summed E-state index contributed by atoms with van der Waals surface area (Å²) in [6, 6.07) is 9.46. The van der Waals surface area contributed by atoms with E-state index < -0.39 is 27.8 Å². The van der Waals surface area contributed by atoms with Crippen molar-refractivity contribution in [2.24, 2.45) is 0 Å². The normalized spacial score (nSPS) is 14.4. The van der Waals surface area contributed by atoms with Crippen LogP contribution in [0.2, 0.25) is 0 Å². The smallest absolute Gasteiger partial charge is 0.475 e. The molecule has 0 aliphatic carbocycles. The molecule has 0 atom stereocenters. The molecule has 2 aromatic carbocycles. The lowest BCUT2D eigenvalue weighted by Crippen LogP contribution is -2.21. The highest BCUT2D eigenvalue weighted by atomic mass is 32.2. The third kappa shape index (κ3) is 5.96. The van der Waals surface area contributed by atoms with Crippen molar-refractivity contribution in [2.75, 3.05) is 19.3 Å². The average Bonchev–Trinajstić information content (AvgIpc) is 3.16. The Bertz CT molecular complexity index is 1330. The molecule has 1 aliphatic rings. The number of nitrogens with zero attached hydrogens (tertiary/aromatic N) is 1. The zero-order valence-corrected chi connectivity index (χ0v) is 17.9. The van der Waals surface area contributed by atoms with E-state index in [1.165, 1.54) is 17.7 Å². The maximum absolute atomic E-state index is 14.4. The molecule has 2 heterocycles. The topological polar surface area (TPSA) is 110 Å². The van der Waals surface area contributed by atoms with E-state index in [1.807, 2.05) is 18.2 Å². The van der Waals surface area contributed by atoms with E-state index in [2.05, 4.69) is 16.4 Å². The number of sulfone groups is 1. The first kappa shape index (κ1) is 24.4. The van der Waals surface area contributed by atoms with Gasteiger partial charge in [0.1, 0.15) is 11.3 Å². The number of rotatable bonds is 3. The minimum Gasteiger partial charge on any atom is -0.475 e. The van der Waals surface area contributed by atoms with Gasteiger partial charge in [-0.25, -0.2) is 22.6 Å². The quantitative estimate of drug-likeness (QED) is 0.538. The standard InChI is InChI=1S/C19H17FN2O3S.C2HF3O2/c1-26(23,24)14-3-4-15(16(20)11-14)19-22-17-10-13(2-5-18(17)25-19)12-6-8-21-9-7-12;3-2(4,5)1(6)7/h2-6,10-11,21H,7-9H2,1H3;(H,6,7). The largest absolute Gasteiger partial charge is 0.490 e. The molecular formula is C21H18F4N2O5S. The molecule has 1 aromatic heterocycles. The molecule has 33 heavy (non-hydrogen) atoms. The van der Waals surface area contributed by atoms with Gasteiger partial charge in [0.25, 0.3) is 0 Å². The fraction of sp³-hybridized carbons (Fsp3) is 0.238. The second kappa shape index (κ2) is 9.32. The van der Waals surface area contributed by atoms with E-state index >= 15 is 0 Å². The number of oxazole rings is 1. The second-order valence-electron chi connectivity index (χ2n) is 7.10. The molecule has 2 N–H and O–H groups in total. The van der Waals surface area contributed by atoms with Crippen molar-refractivity contribution in [3.05, 3.63) is 53.9 Å². The number of hydrogen-bond acceptors (Lipinski definition) is 6. The highest BCUT2D eigenvalue weighted by molar-refractivity contribution is 7.90. The molecule has 176 valence electrons. The first-order valence-electron chi connectivity index (χ1n) is 9.47. The lowest BCUT2D eigenvalue weighted by atomic mass is 10.00. The Kier molecular flexibility index (Phi) is 6.89. The van der Waals surface area contributed by atoms with Gasteiger partial charge in [-0.1, -0.05) is 12.1 Å². The summed E-state index contributed by atoms with van der Waals surface area (Å²) in [7, 11) is -3.47. The van der Waals surface area contributed by atoms with Gasteiger partial charge in [-0.15, -0.1) is 0 Å². The molecule has 0 unspecified atom stereocenters. The van der Waals surface area contributed by atoms with Crippen LogP contribution in [0.25, 0.3) is 28.1 Å². The first-order valence-corrected chi connectivity index (χ1v) is 11.4. The number of benzene rings is 2. The van der Waals surface area contributed by atoms with Crippen molar-refractivity contribution in [1.29, 1.82) is 0 Å². The Morgan fingerprint density at radius 1 is 1.18 bits per heavy atom. The number of fused-ring (bicyclic) bond motifs is 1. The van der Waals surface area contributed by atoms with Gasteiger partial charge in [-0.3, -0.25) is 0 Å². The van der Waals surface area contributed by atoms with Gasteiger partial charge in [0, 0.05) is 12.8 Å². The Hall–Kier alpha value is -3.25. The second-order valence-corrected chi connectivity index (χ2v) is 9.12. The molecule has 0 radical (unpaired) electrons. The van der Waals surface area contributed by atoms with Gasteiger partial charge in [0.05, 0.1) is 10.5 Å². The number of aliphatic carboxylic acids is 1. The fourth-order valence-corrected chi connectivity index (χ4v) is 3.66. The van der Waals surface area contributed by atoms with Gasteiger partial charge in [-0.2, -0.15) is 13.2 Å². The van der Waals surface area contributed by atoms with E-state index in [0.29, 0.717) is 11.1 Å². The van der Waals surface area contributed by atoms with E-state index in [-0.39, 0.29) is 16.3 Å². The van der Waals surface area contributed by atoms with E-state index in [4.69, 9.17) is 14.3 Å². The Labute approximate surface area is 185 Å². The van der Waals surface area contributed by atoms with Crippen molar-refractivity contribution < 1.29 is 40.3 Å². The van der Waals surface area contributed by atoms with Crippen LogP contribution in [0.3, 0.4) is 0 Å². The lowest BCUT2D eigenvalue weighted by Gasteiger charge is -2.13. The van der Waals surface area contributed by atoms with Crippen molar-refractivity contribution in [3.63, 3.8) is 0 Å². The maximum Gasteiger partial charge on any atom is 0.490 e. The molecule has 1 aliphatic heterocycles. The van der Waals surface area contributed by atoms with Crippen LogP contribution in [0.1, 0.15) is 12.0 Å². The molecule has 0 saturated heterocycles. The number of nitrogens with one attached hydrogen (secondary N) is 1.